The summed E-state index contributed by atoms with van der Waals surface area (Å²) in [5.74, 6) is 0.775. The number of hydrogen-bond donors (Lipinski definition) is 0. The van der Waals surface area contributed by atoms with Crippen molar-refractivity contribution in [1.82, 2.24) is 14.7 Å². The molecule has 0 atom stereocenters. The van der Waals surface area contributed by atoms with Crippen molar-refractivity contribution in [3.8, 4) is 22.7 Å². The standard InChI is InChI=1S/C26H27N3O2S2/c1-3-5-14-28-25(30)23(33-26(28)32)17-20-18-29(21-11-7-6-8-12-21)27-24(20)19-10-9-13-22(16-19)31-15-4-2/h6-13,16-18H,3-5,14-15H2,1-2H3. The smallest absolute Gasteiger partial charge is 0.266 e. The quantitative estimate of drug-likeness (QED) is 0.266. The molecule has 2 heterocycles. The molecule has 1 saturated heterocycles. The predicted octanol–water partition coefficient (Wildman–Crippen LogP) is 6.33. The molecule has 1 fully saturated rings. The first-order valence-corrected chi connectivity index (χ1v) is 12.5. The lowest BCUT2D eigenvalue weighted by atomic mass is 10.1. The van der Waals surface area contributed by atoms with Crippen molar-refractivity contribution in [2.24, 2.45) is 0 Å². The molecule has 2 aromatic carbocycles. The SMILES string of the molecule is CCCCN1C(=O)C(=Cc2cn(-c3ccccc3)nc2-c2cccc(OCCC)c2)SC1=S. The Hall–Kier alpha value is -2.90. The summed E-state index contributed by atoms with van der Waals surface area (Å²) in [4.78, 5) is 15.4. The van der Waals surface area contributed by atoms with Crippen LogP contribution in [-0.2, 0) is 4.79 Å². The Morgan fingerprint density at radius 1 is 1.09 bits per heavy atom. The number of ether oxygens (including phenoxy) is 1. The number of aromatic nitrogens is 2. The summed E-state index contributed by atoms with van der Waals surface area (Å²) < 4.78 is 8.30. The molecule has 1 aromatic heterocycles. The molecule has 7 heteroatoms. The molecule has 5 nitrogen and oxygen atoms in total. The van der Waals surface area contributed by atoms with E-state index in [9.17, 15) is 4.79 Å². The van der Waals surface area contributed by atoms with Crippen LogP contribution in [0.2, 0.25) is 0 Å². The van der Waals surface area contributed by atoms with Crippen LogP contribution in [0.1, 0.15) is 38.7 Å². The van der Waals surface area contributed by atoms with Gasteiger partial charge in [-0.3, -0.25) is 9.69 Å². The molecule has 4 rings (SSSR count). The molecule has 0 saturated carbocycles. The van der Waals surface area contributed by atoms with Crippen molar-refractivity contribution in [3.63, 3.8) is 0 Å². The average Bonchev–Trinajstić information content (AvgIpc) is 3.38. The number of benzene rings is 2. The molecule has 0 aliphatic carbocycles. The fourth-order valence-corrected chi connectivity index (χ4v) is 4.83. The summed E-state index contributed by atoms with van der Waals surface area (Å²) in [6.07, 6.45) is 6.76. The minimum atomic E-state index is -0.0307. The number of carbonyl (C=O) groups excluding carboxylic acids is 1. The second-order valence-corrected chi connectivity index (χ2v) is 9.45. The highest BCUT2D eigenvalue weighted by Gasteiger charge is 2.31. The summed E-state index contributed by atoms with van der Waals surface area (Å²) in [6, 6.07) is 17.9. The van der Waals surface area contributed by atoms with Gasteiger partial charge in [-0.1, -0.05) is 74.6 Å². The highest BCUT2D eigenvalue weighted by atomic mass is 32.2. The second-order valence-electron chi connectivity index (χ2n) is 7.78. The van der Waals surface area contributed by atoms with Crippen LogP contribution in [0, 0.1) is 0 Å². The molecule has 0 radical (unpaired) electrons. The number of thiocarbonyl (C=S) groups is 1. The van der Waals surface area contributed by atoms with Crippen LogP contribution in [-0.4, -0.2) is 38.1 Å². The monoisotopic (exact) mass is 477 g/mol. The van der Waals surface area contributed by atoms with E-state index in [2.05, 4.69) is 13.8 Å². The van der Waals surface area contributed by atoms with Gasteiger partial charge < -0.3 is 4.74 Å². The largest absolute Gasteiger partial charge is 0.494 e. The summed E-state index contributed by atoms with van der Waals surface area (Å²) in [5, 5.41) is 4.88. The molecule has 0 unspecified atom stereocenters. The first-order valence-electron chi connectivity index (χ1n) is 11.2. The normalized spacial score (nSPS) is 15.0. The highest BCUT2D eigenvalue weighted by Crippen LogP contribution is 2.35. The summed E-state index contributed by atoms with van der Waals surface area (Å²) >= 11 is 6.84. The van der Waals surface area contributed by atoms with Crippen molar-refractivity contribution in [2.45, 2.75) is 33.1 Å². The van der Waals surface area contributed by atoms with Crippen molar-refractivity contribution in [1.29, 1.82) is 0 Å². The van der Waals surface area contributed by atoms with Crippen LogP contribution in [0.5, 0.6) is 5.75 Å². The van der Waals surface area contributed by atoms with E-state index in [1.54, 1.807) is 4.90 Å². The van der Waals surface area contributed by atoms with Crippen molar-refractivity contribution >= 4 is 40.3 Å². The van der Waals surface area contributed by atoms with Gasteiger partial charge in [0.25, 0.3) is 5.91 Å². The lowest BCUT2D eigenvalue weighted by Crippen LogP contribution is -2.28. The van der Waals surface area contributed by atoms with Crippen LogP contribution < -0.4 is 4.74 Å². The number of rotatable bonds is 9. The minimum absolute atomic E-state index is 0.0307. The van der Waals surface area contributed by atoms with E-state index in [1.165, 1.54) is 11.8 Å². The van der Waals surface area contributed by atoms with Gasteiger partial charge in [-0.15, -0.1) is 0 Å². The fraction of sp³-hybridized carbons (Fsp3) is 0.269. The summed E-state index contributed by atoms with van der Waals surface area (Å²) in [7, 11) is 0. The van der Waals surface area contributed by atoms with Crippen molar-refractivity contribution in [2.75, 3.05) is 13.2 Å². The van der Waals surface area contributed by atoms with Crippen LogP contribution >= 0.6 is 24.0 Å². The summed E-state index contributed by atoms with van der Waals surface area (Å²) in [5.41, 5.74) is 3.54. The minimum Gasteiger partial charge on any atom is -0.494 e. The Kier molecular flexibility index (Phi) is 7.62. The van der Waals surface area contributed by atoms with Gasteiger partial charge in [0.05, 0.1) is 17.2 Å². The zero-order valence-electron chi connectivity index (χ0n) is 18.9. The maximum Gasteiger partial charge on any atom is 0.266 e. The van der Waals surface area contributed by atoms with E-state index in [0.29, 0.717) is 22.4 Å². The number of thioether (sulfide) groups is 1. The Morgan fingerprint density at radius 2 is 1.91 bits per heavy atom. The first-order chi connectivity index (χ1) is 16.1. The zero-order valence-corrected chi connectivity index (χ0v) is 20.5. The number of para-hydroxylation sites is 1. The third-order valence-electron chi connectivity index (χ3n) is 5.24. The Morgan fingerprint density at radius 3 is 2.67 bits per heavy atom. The molecule has 33 heavy (non-hydrogen) atoms. The number of nitrogens with zero attached hydrogens (tertiary/aromatic N) is 3. The molecule has 170 valence electrons. The Labute approximate surface area is 204 Å². The summed E-state index contributed by atoms with van der Waals surface area (Å²) in [6.45, 7) is 5.51. The van der Waals surface area contributed by atoms with Crippen molar-refractivity contribution < 1.29 is 9.53 Å². The lowest BCUT2D eigenvalue weighted by Gasteiger charge is -2.13. The van der Waals surface area contributed by atoms with Crippen molar-refractivity contribution in [3.05, 3.63) is 71.3 Å². The number of unbranched alkanes of at least 4 members (excludes halogenated alkanes) is 1. The first kappa shape index (κ1) is 23.3. The van der Waals surface area contributed by atoms with Gasteiger partial charge in [0.2, 0.25) is 0 Å². The van der Waals surface area contributed by atoms with E-state index in [0.717, 1.165) is 47.5 Å². The molecule has 3 aromatic rings. The third-order valence-corrected chi connectivity index (χ3v) is 6.62. The van der Waals surface area contributed by atoms with E-state index in [1.807, 2.05) is 71.6 Å². The number of amides is 1. The maximum atomic E-state index is 13.0. The van der Waals surface area contributed by atoms with E-state index in [4.69, 9.17) is 22.1 Å². The van der Waals surface area contributed by atoms with Gasteiger partial charge in [-0.2, -0.15) is 5.10 Å². The van der Waals surface area contributed by atoms with Gasteiger partial charge >= 0.3 is 0 Å². The highest BCUT2D eigenvalue weighted by molar-refractivity contribution is 8.26. The van der Waals surface area contributed by atoms with Gasteiger partial charge in [0, 0.05) is 23.9 Å². The molecular weight excluding hydrogens is 450 g/mol. The zero-order chi connectivity index (χ0) is 23.2. The second kappa shape index (κ2) is 10.8. The van der Waals surface area contributed by atoms with Gasteiger partial charge in [-0.05, 0) is 43.2 Å². The lowest BCUT2D eigenvalue weighted by molar-refractivity contribution is -0.122. The Balaban J connectivity index is 1.74. The van der Waals surface area contributed by atoms with Crippen LogP contribution in [0.3, 0.4) is 0 Å². The molecule has 0 bridgehead atoms. The van der Waals surface area contributed by atoms with Crippen LogP contribution in [0.15, 0.2) is 65.7 Å². The van der Waals surface area contributed by atoms with E-state index < -0.39 is 0 Å². The molecule has 0 spiro atoms. The number of hydrogen-bond acceptors (Lipinski definition) is 5. The maximum absolute atomic E-state index is 13.0. The van der Waals surface area contributed by atoms with E-state index in [-0.39, 0.29) is 5.91 Å². The average molecular weight is 478 g/mol. The van der Waals surface area contributed by atoms with Gasteiger partial charge in [0.1, 0.15) is 15.8 Å². The van der Waals surface area contributed by atoms with E-state index >= 15 is 0 Å². The predicted molar refractivity (Wildman–Crippen MR) is 140 cm³/mol. The van der Waals surface area contributed by atoms with Gasteiger partial charge in [-0.25, -0.2) is 4.68 Å². The molecule has 1 aliphatic rings. The topological polar surface area (TPSA) is 47.4 Å². The van der Waals surface area contributed by atoms with Crippen LogP contribution in [0.4, 0.5) is 0 Å². The molecule has 1 amide bonds. The third kappa shape index (κ3) is 5.37. The van der Waals surface area contributed by atoms with Crippen LogP contribution in [0.25, 0.3) is 23.0 Å². The number of carbonyl (C=O) groups is 1. The molecule has 0 N–H and O–H groups in total. The fourth-order valence-electron chi connectivity index (χ4n) is 3.53. The van der Waals surface area contributed by atoms with Gasteiger partial charge in [0.15, 0.2) is 0 Å². The molecule has 1 aliphatic heterocycles. The Bertz CT molecular complexity index is 1170. The molecular formula is C26H27N3O2S2.